The molecule has 0 saturated carbocycles. The molecule has 4 heterocycles. The average Bonchev–Trinajstić information content (AvgIpc) is 3.17. The first-order valence-electron chi connectivity index (χ1n) is 9.63. The van der Waals surface area contributed by atoms with Gasteiger partial charge >= 0.3 is 5.97 Å². The second-order valence-electron chi connectivity index (χ2n) is 6.88. The van der Waals surface area contributed by atoms with Crippen LogP contribution in [0.1, 0.15) is 18.2 Å². The van der Waals surface area contributed by atoms with E-state index in [-0.39, 0.29) is 12.4 Å². The van der Waals surface area contributed by atoms with Gasteiger partial charge in [-0.1, -0.05) is 23.2 Å². The lowest BCUT2D eigenvalue weighted by Crippen LogP contribution is -2.48. The molecule has 1 fully saturated rings. The second kappa shape index (κ2) is 8.61. The largest absolute Gasteiger partial charge is 0.466 e. The third-order valence-corrected chi connectivity index (χ3v) is 5.61. The molecule has 1 aliphatic heterocycles. The first kappa shape index (κ1) is 20.6. The van der Waals surface area contributed by atoms with Gasteiger partial charge < -0.3 is 14.5 Å². The minimum atomic E-state index is -0.294. The number of hydrogen-bond acceptors (Lipinski definition) is 8. The number of pyridine rings is 1. The van der Waals surface area contributed by atoms with E-state index in [4.69, 9.17) is 27.9 Å². The highest BCUT2D eigenvalue weighted by molar-refractivity contribution is 6.38. The van der Waals surface area contributed by atoms with E-state index in [1.54, 1.807) is 23.8 Å². The molecular weight excluding hydrogens is 429 g/mol. The zero-order valence-electron chi connectivity index (χ0n) is 16.7. The number of hydrogen-bond donors (Lipinski definition) is 0. The molecule has 0 spiro atoms. The van der Waals surface area contributed by atoms with E-state index in [0.717, 1.165) is 22.8 Å². The van der Waals surface area contributed by atoms with Gasteiger partial charge in [0.05, 0.1) is 28.8 Å². The normalized spacial score (nSPS) is 14.4. The first-order chi connectivity index (χ1) is 14.5. The Bertz CT molecular complexity index is 1060. The van der Waals surface area contributed by atoms with Crippen molar-refractivity contribution < 1.29 is 9.53 Å². The van der Waals surface area contributed by atoms with Gasteiger partial charge in [0.2, 0.25) is 0 Å². The molecule has 0 atom stereocenters. The van der Waals surface area contributed by atoms with Gasteiger partial charge in [-0.15, -0.1) is 0 Å². The number of rotatable bonds is 5. The van der Waals surface area contributed by atoms with Crippen molar-refractivity contribution in [1.29, 1.82) is 0 Å². The summed E-state index contributed by atoms with van der Waals surface area (Å²) >= 11 is 12.7. The number of aromatic nitrogens is 5. The Balaban J connectivity index is 1.65. The lowest BCUT2D eigenvalue weighted by molar-refractivity contribution is -0.142. The topological polar surface area (TPSA) is 88.7 Å². The number of esters is 1. The number of nitrogens with zero attached hydrogens (tertiary/aromatic N) is 7. The molecule has 3 aromatic rings. The summed E-state index contributed by atoms with van der Waals surface area (Å²) < 4.78 is 6.85. The highest BCUT2D eigenvalue weighted by Crippen LogP contribution is 2.34. The van der Waals surface area contributed by atoms with Crippen molar-refractivity contribution in [2.75, 3.05) is 42.6 Å². The highest BCUT2D eigenvalue weighted by atomic mass is 35.5. The maximum absolute atomic E-state index is 12.2. The third-order valence-electron chi connectivity index (χ3n) is 5.05. The zero-order valence-corrected chi connectivity index (χ0v) is 18.2. The molecule has 0 aromatic carbocycles. The molecule has 158 valence electrons. The van der Waals surface area contributed by atoms with E-state index < -0.39 is 0 Å². The van der Waals surface area contributed by atoms with E-state index in [1.807, 2.05) is 6.92 Å². The molecule has 0 amide bonds. The van der Waals surface area contributed by atoms with Gasteiger partial charge in [-0.2, -0.15) is 14.6 Å². The Morgan fingerprint density at radius 1 is 1.13 bits per heavy atom. The maximum atomic E-state index is 12.2. The molecule has 0 radical (unpaired) electrons. The molecule has 1 saturated heterocycles. The standard InChI is InChI=1S/C19H21Cl2N7O2/c1-3-30-16(29)8-13-12(2)25-19-23-11-24-28(19)18(13)27-6-4-26(5-7-27)17-14(20)9-22-10-15(17)21/h9-11H,3-8H2,1-2H3. The fraction of sp³-hybridized carbons (Fsp3) is 0.421. The summed E-state index contributed by atoms with van der Waals surface area (Å²) in [5, 5.41) is 5.39. The van der Waals surface area contributed by atoms with Gasteiger partial charge in [-0.3, -0.25) is 9.78 Å². The lowest BCUT2D eigenvalue weighted by Gasteiger charge is -2.38. The highest BCUT2D eigenvalue weighted by Gasteiger charge is 2.27. The molecule has 0 N–H and O–H groups in total. The van der Waals surface area contributed by atoms with Crippen LogP contribution in [-0.4, -0.2) is 63.3 Å². The molecule has 0 unspecified atom stereocenters. The first-order valence-corrected chi connectivity index (χ1v) is 10.4. The Kier molecular flexibility index (Phi) is 5.92. The molecule has 1 aliphatic rings. The monoisotopic (exact) mass is 449 g/mol. The fourth-order valence-corrected chi connectivity index (χ4v) is 4.31. The summed E-state index contributed by atoms with van der Waals surface area (Å²) in [7, 11) is 0. The van der Waals surface area contributed by atoms with Gasteiger partial charge in [-0.05, 0) is 13.8 Å². The van der Waals surface area contributed by atoms with Gasteiger partial charge in [0.25, 0.3) is 5.78 Å². The van der Waals surface area contributed by atoms with Crippen LogP contribution >= 0.6 is 23.2 Å². The average molecular weight is 450 g/mol. The predicted molar refractivity (Wildman–Crippen MR) is 115 cm³/mol. The molecule has 11 heteroatoms. The Morgan fingerprint density at radius 2 is 1.80 bits per heavy atom. The zero-order chi connectivity index (χ0) is 21.3. The van der Waals surface area contributed by atoms with Crippen molar-refractivity contribution in [3.63, 3.8) is 0 Å². The molecule has 0 bridgehead atoms. The Morgan fingerprint density at radius 3 is 2.47 bits per heavy atom. The quantitative estimate of drug-likeness (QED) is 0.549. The third kappa shape index (κ3) is 3.87. The van der Waals surface area contributed by atoms with Crippen LogP contribution in [0.4, 0.5) is 11.5 Å². The number of aryl methyl sites for hydroxylation is 1. The van der Waals surface area contributed by atoms with Gasteiger partial charge in [0.15, 0.2) is 0 Å². The molecule has 0 aliphatic carbocycles. The van der Waals surface area contributed by atoms with E-state index in [2.05, 4.69) is 29.9 Å². The Hall–Kier alpha value is -2.65. The summed E-state index contributed by atoms with van der Waals surface area (Å²) in [6.07, 6.45) is 4.78. The number of carbonyl (C=O) groups excluding carboxylic acids is 1. The molecule has 30 heavy (non-hydrogen) atoms. The number of halogens is 2. The predicted octanol–water partition coefficient (Wildman–Crippen LogP) is 2.57. The number of anilines is 2. The van der Waals surface area contributed by atoms with Crippen molar-refractivity contribution in [1.82, 2.24) is 24.6 Å². The molecule has 9 nitrogen and oxygen atoms in total. The molecule has 4 rings (SSSR count). The Labute approximate surface area is 183 Å². The van der Waals surface area contributed by atoms with E-state index >= 15 is 0 Å². The van der Waals surface area contributed by atoms with E-state index in [0.29, 0.717) is 48.6 Å². The fourth-order valence-electron chi connectivity index (χ4n) is 3.70. The van der Waals surface area contributed by atoms with Crippen LogP contribution < -0.4 is 9.80 Å². The van der Waals surface area contributed by atoms with Crippen LogP contribution in [0.5, 0.6) is 0 Å². The summed E-state index contributed by atoms with van der Waals surface area (Å²) in [4.78, 5) is 29.3. The van der Waals surface area contributed by atoms with E-state index in [9.17, 15) is 4.79 Å². The number of ether oxygens (including phenoxy) is 1. The number of fused-ring (bicyclic) bond motifs is 1. The minimum Gasteiger partial charge on any atom is -0.466 e. The number of piperazine rings is 1. The van der Waals surface area contributed by atoms with Crippen LogP contribution in [0.15, 0.2) is 18.7 Å². The second-order valence-corrected chi connectivity index (χ2v) is 7.69. The van der Waals surface area contributed by atoms with Crippen LogP contribution in [0, 0.1) is 6.92 Å². The van der Waals surface area contributed by atoms with Crippen molar-refractivity contribution in [3.8, 4) is 0 Å². The van der Waals surface area contributed by atoms with Crippen LogP contribution in [0.25, 0.3) is 5.78 Å². The smallest absolute Gasteiger partial charge is 0.310 e. The molecule has 3 aromatic heterocycles. The number of carbonyl (C=O) groups is 1. The summed E-state index contributed by atoms with van der Waals surface area (Å²) in [5.74, 6) is 1.02. The van der Waals surface area contributed by atoms with Crippen LogP contribution in [0.3, 0.4) is 0 Å². The molecular formula is C19H21Cl2N7O2. The van der Waals surface area contributed by atoms with Crippen molar-refractivity contribution >= 4 is 46.5 Å². The van der Waals surface area contributed by atoms with Gasteiger partial charge in [0, 0.05) is 49.8 Å². The van der Waals surface area contributed by atoms with Gasteiger partial charge in [0.1, 0.15) is 12.1 Å². The van der Waals surface area contributed by atoms with Gasteiger partial charge in [-0.25, -0.2) is 4.98 Å². The van der Waals surface area contributed by atoms with Crippen LogP contribution in [0.2, 0.25) is 10.0 Å². The summed E-state index contributed by atoms with van der Waals surface area (Å²) in [5.41, 5.74) is 2.32. The minimum absolute atomic E-state index is 0.125. The van der Waals surface area contributed by atoms with E-state index in [1.165, 1.54) is 6.33 Å². The lowest BCUT2D eigenvalue weighted by atomic mass is 10.1. The maximum Gasteiger partial charge on any atom is 0.310 e. The van der Waals surface area contributed by atoms with Crippen LogP contribution in [-0.2, 0) is 16.0 Å². The summed E-state index contributed by atoms with van der Waals surface area (Å²) in [6, 6.07) is 0. The SMILES string of the molecule is CCOC(=O)Cc1c(C)nc2ncnn2c1N1CCN(c2c(Cl)cncc2Cl)CC1. The van der Waals surface area contributed by atoms with Crippen molar-refractivity contribution in [2.24, 2.45) is 0 Å². The van der Waals surface area contributed by atoms with Crippen molar-refractivity contribution in [2.45, 2.75) is 20.3 Å². The summed E-state index contributed by atoms with van der Waals surface area (Å²) in [6.45, 7) is 6.75. The van der Waals surface area contributed by atoms with Crippen molar-refractivity contribution in [3.05, 3.63) is 40.0 Å².